The summed E-state index contributed by atoms with van der Waals surface area (Å²) in [4.78, 5) is 14.2. The molecule has 0 aliphatic carbocycles. The molecule has 1 unspecified atom stereocenters. The minimum atomic E-state index is -0.453. The zero-order chi connectivity index (χ0) is 14.3. The molecule has 0 aromatic heterocycles. The van der Waals surface area contributed by atoms with Gasteiger partial charge in [-0.25, -0.2) is 0 Å². The predicted octanol–water partition coefficient (Wildman–Crippen LogP) is 1.61. The Morgan fingerprint density at radius 3 is 2.53 bits per heavy atom. The number of benzene rings is 1. The Kier molecular flexibility index (Phi) is 5.83. The number of nitrogens with two attached hydrogens (primary N) is 1. The molecule has 1 atom stereocenters. The maximum atomic E-state index is 12.0. The molecule has 0 spiro atoms. The summed E-state index contributed by atoms with van der Waals surface area (Å²) in [5.41, 5.74) is 6.36. The van der Waals surface area contributed by atoms with Gasteiger partial charge in [-0.3, -0.25) is 4.79 Å². The van der Waals surface area contributed by atoms with Crippen molar-refractivity contribution >= 4 is 11.6 Å². The summed E-state index contributed by atoms with van der Waals surface area (Å²) in [7, 11) is 2.02. The molecule has 1 amide bonds. The average molecular weight is 263 g/mol. The van der Waals surface area contributed by atoms with Gasteiger partial charge in [0.2, 0.25) is 5.91 Å². The second-order valence-corrected chi connectivity index (χ2v) is 5.13. The van der Waals surface area contributed by atoms with Crippen LogP contribution in [0.15, 0.2) is 30.3 Å². The van der Waals surface area contributed by atoms with Gasteiger partial charge in [0, 0.05) is 32.4 Å². The number of carbonyl (C=O) groups excluding carboxylic acids is 1. The van der Waals surface area contributed by atoms with Gasteiger partial charge in [-0.1, -0.05) is 25.1 Å². The highest BCUT2D eigenvalue weighted by atomic mass is 16.2. The Balaban J connectivity index is 2.40. The predicted molar refractivity (Wildman–Crippen MR) is 80.2 cm³/mol. The fourth-order valence-corrected chi connectivity index (χ4v) is 1.76. The normalized spacial score (nSPS) is 13.7. The number of likely N-dealkylation sites (N-methyl/N-ethyl adjacent to an activating group) is 1. The number of anilines is 1. The van der Waals surface area contributed by atoms with E-state index in [0.717, 1.165) is 18.7 Å². The molecule has 1 aromatic carbocycles. The van der Waals surface area contributed by atoms with Gasteiger partial charge in [0.05, 0.1) is 5.41 Å². The molecule has 0 bridgehead atoms. The largest absolute Gasteiger partial charge is 0.373 e. The summed E-state index contributed by atoms with van der Waals surface area (Å²) >= 11 is 0. The molecule has 0 aliphatic rings. The molecule has 0 aliphatic heterocycles. The molecule has 0 radical (unpaired) electrons. The third-order valence-corrected chi connectivity index (χ3v) is 3.71. The summed E-state index contributed by atoms with van der Waals surface area (Å²) in [6, 6.07) is 10.1. The van der Waals surface area contributed by atoms with Crippen molar-refractivity contribution in [1.82, 2.24) is 5.32 Å². The summed E-state index contributed by atoms with van der Waals surface area (Å²) < 4.78 is 0. The maximum Gasteiger partial charge on any atom is 0.227 e. The Morgan fingerprint density at radius 1 is 1.37 bits per heavy atom. The molecule has 1 aromatic rings. The van der Waals surface area contributed by atoms with E-state index in [1.54, 1.807) is 0 Å². The molecule has 4 nitrogen and oxygen atoms in total. The Labute approximate surface area is 116 Å². The van der Waals surface area contributed by atoms with Crippen molar-refractivity contribution in [2.45, 2.75) is 20.3 Å². The zero-order valence-corrected chi connectivity index (χ0v) is 12.1. The van der Waals surface area contributed by atoms with E-state index >= 15 is 0 Å². The van der Waals surface area contributed by atoms with Gasteiger partial charge in [-0.05, 0) is 25.5 Å². The third-order valence-electron chi connectivity index (χ3n) is 3.71. The fourth-order valence-electron chi connectivity index (χ4n) is 1.76. The topological polar surface area (TPSA) is 58.4 Å². The van der Waals surface area contributed by atoms with Crippen LogP contribution in [0.5, 0.6) is 0 Å². The molecule has 106 valence electrons. The molecule has 3 N–H and O–H groups in total. The Morgan fingerprint density at radius 2 is 2.00 bits per heavy atom. The lowest BCUT2D eigenvalue weighted by molar-refractivity contribution is -0.129. The molecule has 1 rings (SSSR count). The number of hydrogen-bond donors (Lipinski definition) is 2. The highest BCUT2D eigenvalue weighted by molar-refractivity contribution is 5.82. The molecule has 0 fully saturated rings. The molecule has 4 heteroatoms. The molecule has 0 saturated carbocycles. The van der Waals surface area contributed by atoms with Gasteiger partial charge in [0.1, 0.15) is 0 Å². The maximum absolute atomic E-state index is 12.0. The number of nitrogens with one attached hydrogen (secondary N) is 1. The van der Waals surface area contributed by atoms with Crippen molar-refractivity contribution in [2.75, 3.05) is 31.6 Å². The van der Waals surface area contributed by atoms with Crippen LogP contribution in [-0.4, -0.2) is 32.6 Å². The minimum absolute atomic E-state index is 0.0407. The lowest BCUT2D eigenvalue weighted by Gasteiger charge is -2.26. The summed E-state index contributed by atoms with van der Waals surface area (Å²) in [5.74, 6) is 0.0407. The van der Waals surface area contributed by atoms with Crippen LogP contribution in [0.25, 0.3) is 0 Å². The second-order valence-electron chi connectivity index (χ2n) is 5.13. The van der Waals surface area contributed by atoms with Crippen molar-refractivity contribution < 1.29 is 4.79 Å². The van der Waals surface area contributed by atoms with Gasteiger partial charge in [-0.15, -0.1) is 0 Å². The number of para-hydroxylation sites is 1. The van der Waals surface area contributed by atoms with Crippen LogP contribution in [0.1, 0.15) is 20.3 Å². The summed E-state index contributed by atoms with van der Waals surface area (Å²) in [6.07, 6.45) is 0.754. The monoisotopic (exact) mass is 263 g/mol. The van der Waals surface area contributed by atoms with Crippen molar-refractivity contribution in [3.63, 3.8) is 0 Å². The lowest BCUT2D eigenvalue weighted by atomic mass is 9.87. The van der Waals surface area contributed by atoms with E-state index in [4.69, 9.17) is 5.73 Å². The van der Waals surface area contributed by atoms with Crippen LogP contribution < -0.4 is 16.0 Å². The zero-order valence-electron chi connectivity index (χ0n) is 12.1. The van der Waals surface area contributed by atoms with Crippen molar-refractivity contribution in [3.8, 4) is 0 Å². The number of amides is 1. The molecule has 0 saturated heterocycles. The van der Waals surface area contributed by atoms with E-state index in [1.165, 1.54) is 0 Å². The minimum Gasteiger partial charge on any atom is -0.373 e. The van der Waals surface area contributed by atoms with E-state index in [9.17, 15) is 4.79 Å². The standard InChI is InChI=1S/C15H25N3O/c1-4-15(2,12-16)14(19)17-10-11-18(3)13-8-6-5-7-9-13/h5-9H,4,10-12,16H2,1-3H3,(H,17,19). The van der Waals surface area contributed by atoms with E-state index < -0.39 is 5.41 Å². The SMILES string of the molecule is CCC(C)(CN)C(=O)NCCN(C)c1ccccc1. The lowest BCUT2D eigenvalue weighted by Crippen LogP contribution is -2.45. The first-order valence-corrected chi connectivity index (χ1v) is 6.78. The van der Waals surface area contributed by atoms with Crippen LogP contribution in [0.4, 0.5) is 5.69 Å². The highest BCUT2D eigenvalue weighted by Crippen LogP contribution is 2.18. The van der Waals surface area contributed by atoms with Crippen LogP contribution in [0, 0.1) is 5.41 Å². The van der Waals surface area contributed by atoms with Crippen LogP contribution in [0.2, 0.25) is 0 Å². The van der Waals surface area contributed by atoms with Crippen LogP contribution in [0.3, 0.4) is 0 Å². The second kappa shape index (κ2) is 7.14. The average Bonchev–Trinajstić information content (AvgIpc) is 2.47. The van der Waals surface area contributed by atoms with Gasteiger partial charge in [0.15, 0.2) is 0 Å². The van der Waals surface area contributed by atoms with E-state index in [-0.39, 0.29) is 5.91 Å². The van der Waals surface area contributed by atoms with Crippen molar-refractivity contribution in [1.29, 1.82) is 0 Å². The van der Waals surface area contributed by atoms with Crippen LogP contribution in [-0.2, 0) is 4.79 Å². The number of nitrogens with zero attached hydrogens (tertiary/aromatic N) is 1. The van der Waals surface area contributed by atoms with Gasteiger partial charge >= 0.3 is 0 Å². The molecular weight excluding hydrogens is 238 g/mol. The first kappa shape index (κ1) is 15.5. The first-order chi connectivity index (χ1) is 9.03. The third kappa shape index (κ3) is 4.24. The summed E-state index contributed by atoms with van der Waals surface area (Å²) in [5, 5.41) is 2.97. The Bertz CT molecular complexity index is 388. The highest BCUT2D eigenvalue weighted by Gasteiger charge is 2.29. The molecule has 0 heterocycles. The summed E-state index contributed by atoms with van der Waals surface area (Å²) in [6.45, 7) is 5.68. The van der Waals surface area contributed by atoms with Gasteiger partial charge < -0.3 is 16.0 Å². The van der Waals surface area contributed by atoms with E-state index in [2.05, 4.69) is 22.3 Å². The number of carbonyl (C=O) groups is 1. The Hall–Kier alpha value is -1.55. The van der Waals surface area contributed by atoms with E-state index in [0.29, 0.717) is 13.1 Å². The van der Waals surface area contributed by atoms with Gasteiger partial charge in [0.25, 0.3) is 0 Å². The fraction of sp³-hybridized carbons (Fsp3) is 0.533. The van der Waals surface area contributed by atoms with Crippen molar-refractivity contribution in [3.05, 3.63) is 30.3 Å². The molecule has 19 heavy (non-hydrogen) atoms. The smallest absolute Gasteiger partial charge is 0.227 e. The first-order valence-electron chi connectivity index (χ1n) is 6.78. The van der Waals surface area contributed by atoms with Gasteiger partial charge in [-0.2, -0.15) is 0 Å². The number of rotatable bonds is 7. The number of hydrogen-bond acceptors (Lipinski definition) is 3. The van der Waals surface area contributed by atoms with E-state index in [1.807, 2.05) is 39.1 Å². The van der Waals surface area contributed by atoms with Crippen LogP contribution >= 0.6 is 0 Å². The quantitative estimate of drug-likeness (QED) is 0.786. The molecular formula is C15H25N3O. The van der Waals surface area contributed by atoms with Crippen molar-refractivity contribution in [2.24, 2.45) is 11.1 Å².